The lowest BCUT2D eigenvalue weighted by Gasteiger charge is -2.34. The number of hydrogen-bond donors (Lipinski definition) is 0. The number of piperazine rings is 1. The second-order valence-corrected chi connectivity index (χ2v) is 11.8. The van der Waals surface area contributed by atoms with Gasteiger partial charge in [0.25, 0.3) is 5.91 Å². The lowest BCUT2D eigenvalue weighted by molar-refractivity contribution is 0.0699. The smallest absolute Gasteiger partial charge is 0.264 e. The molecule has 0 unspecified atom stereocenters. The van der Waals surface area contributed by atoms with Gasteiger partial charge in [-0.05, 0) is 32.0 Å². The quantitative estimate of drug-likeness (QED) is 0.551. The predicted octanol–water partition coefficient (Wildman–Crippen LogP) is 4.01. The van der Waals surface area contributed by atoms with Crippen molar-refractivity contribution in [2.45, 2.75) is 25.3 Å². The topological polar surface area (TPSA) is 66.9 Å². The Morgan fingerprint density at radius 2 is 1.87 bits per heavy atom. The number of sulfonamides is 1. The van der Waals surface area contributed by atoms with E-state index < -0.39 is 10.0 Å². The summed E-state index contributed by atoms with van der Waals surface area (Å²) in [5.41, 5.74) is 0.546. The van der Waals surface area contributed by atoms with Crippen LogP contribution in [-0.4, -0.2) is 56.8 Å². The molecule has 0 aliphatic carbocycles. The van der Waals surface area contributed by atoms with E-state index in [2.05, 4.69) is 0 Å². The molecule has 2 aromatic heterocycles. The van der Waals surface area contributed by atoms with Gasteiger partial charge in [-0.2, -0.15) is 4.31 Å². The van der Waals surface area contributed by atoms with Gasteiger partial charge in [0.2, 0.25) is 10.0 Å². The molecule has 31 heavy (non-hydrogen) atoms. The van der Waals surface area contributed by atoms with Crippen LogP contribution in [0.1, 0.15) is 25.0 Å². The standard InChI is InChI=1S/C21H23FN2O4S3/c1-13-11-18(14(2)29-13)31(26,27)24-9-7-23(8-10-24)21(25)20-15(12-28-3)19-16(22)5-4-6-17(19)30-20/h4-6,11H,7-10,12H2,1-3H3. The first-order chi connectivity index (χ1) is 14.7. The summed E-state index contributed by atoms with van der Waals surface area (Å²) in [6.45, 7) is 4.84. The molecule has 0 saturated carbocycles. The summed E-state index contributed by atoms with van der Waals surface area (Å²) in [4.78, 5) is 17.4. The van der Waals surface area contributed by atoms with E-state index in [9.17, 15) is 17.6 Å². The average molecular weight is 483 g/mol. The van der Waals surface area contributed by atoms with Crippen LogP contribution in [0.2, 0.25) is 0 Å². The third kappa shape index (κ3) is 4.03. The van der Waals surface area contributed by atoms with E-state index in [4.69, 9.17) is 4.74 Å². The van der Waals surface area contributed by atoms with E-state index in [1.54, 1.807) is 23.1 Å². The number of nitrogens with zero attached hydrogens (tertiary/aromatic N) is 2. The molecule has 1 saturated heterocycles. The number of methoxy groups -OCH3 is 1. The lowest BCUT2D eigenvalue weighted by Crippen LogP contribution is -2.50. The van der Waals surface area contributed by atoms with Crippen LogP contribution < -0.4 is 0 Å². The maximum Gasteiger partial charge on any atom is 0.264 e. The van der Waals surface area contributed by atoms with E-state index >= 15 is 0 Å². The molecule has 4 rings (SSSR count). The maximum atomic E-state index is 14.4. The fourth-order valence-electron chi connectivity index (χ4n) is 3.90. The molecule has 1 aliphatic rings. The van der Waals surface area contributed by atoms with Gasteiger partial charge in [-0.15, -0.1) is 22.7 Å². The molecule has 1 fully saturated rings. The third-order valence-corrected chi connectivity index (χ3v) is 9.69. The second-order valence-electron chi connectivity index (χ2n) is 7.43. The van der Waals surface area contributed by atoms with Gasteiger partial charge in [-0.3, -0.25) is 4.79 Å². The normalized spacial score (nSPS) is 15.7. The van der Waals surface area contributed by atoms with Crippen molar-refractivity contribution < 1.29 is 22.3 Å². The first-order valence-corrected chi connectivity index (χ1v) is 12.9. The largest absolute Gasteiger partial charge is 0.380 e. The van der Waals surface area contributed by atoms with Gasteiger partial charge in [0.05, 0.1) is 16.4 Å². The molecule has 6 nitrogen and oxygen atoms in total. The number of carbonyl (C=O) groups excluding carboxylic acids is 1. The minimum Gasteiger partial charge on any atom is -0.380 e. The van der Waals surface area contributed by atoms with Crippen LogP contribution in [0, 0.1) is 19.7 Å². The number of aryl methyl sites for hydroxylation is 2. The highest BCUT2D eigenvalue weighted by atomic mass is 32.2. The minimum atomic E-state index is -3.59. The monoisotopic (exact) mass is 482 g/mol. The highest BCUT2D eigenvalue weighted by Crippen LogP contribution is 2.35. The Bertz CT molecular complexity index is 1240. The summed E-state index contributed by atoms with van der Waals surface area (Å²) in [6, 6.07) is 6.49. The highest BCUT2D eigenvalue weighted by Gasteiger charge is 2.33. The van der Waals surface area contributed by atoms with E-state index in [1.165, 1.54) is 40.2 Å². The average Bonchev–Trinajstić information content (AvgIpc) is 3.28. The number of carbonyl (C=O) groups is 1. The molecule has 1 amide bonds. The van der Waals surface area contributed by atoms with Crippen LogP contribution in [0.5, 0.6) is 0 Å². The molecule has 3 aromatic rings. The minimum absolute atomic E-state index is 0.132. The lowest BCUT2D eigenvalue weighted by atomic mass is 10.1. The van der Waals surface area contributed by atoms with Crippen molar-refractivity contribution >= 4 is 48.7 Å². The number of amides is 1. The van der Waals surface area contributed by atoms with Crippen molar-refractivity contribution in [2.75, 3.05) is 33.3 Å². The van der Waals surface area contributed by atoms with Gasteiger partial charge in [-0.25, -0.2) is 12.8 Å². The number of hydrogen-bond acceptors (Lipinski definition) is 6. The Morgan fingerprint density at radius 1 is 1.16 bits per heavy atom. The molecule has 1 aliphatic heterocycles. The maximum absolute atomic E-state index is 14.4. The number of ether oxygens (including phenoxy) is 1. The van der Waals surface area contributed by atoms with Crippen molar-refractivity contribution in [3.63, 3.8) is 0 Å². The first-order valence-electron chi connectivity index (χ1n) is 9.79. The molecule has 3 heterocycles. The van der Waals surface area contributed by atoms with Crippen molar-refractivity contribution in [1.29, 1.82) is 0 Å². The zero-order valence-corrected chi connectivity index (χ0v) is 19.9. The summed E-state index contributed by atoms with van der Waals surface area (Å²) in [5, 5.41) is 0.419. The molecule has 0 spiro atoms. The molecule has 0 bridgehead atoms. The Morgan fingerprint density at radius 3 is 2.48 bits per heavy atom. The molecule has 0 N–H and O–H groups in total. The van der Waals surface area contributed by atoms with Gasteiger partial charge < -0.3 is 9.64 Å². The number of benzene rings is 1. The van der Waals surface area contributed by atoms with E-state index in [1.807, 2.05) is 13.8 Å². The molecule has 166 valence electrons. The summed E-state index contributed by atoms with van der Waals surface area (Å²) in [5.74, 6) is -0.593. The zero-order chi connectivity index (χ0) is 22.3. The number of thiophene rings is 2. The molecule has 0 atom stereocenters. The Kier molecular flexibility index (Phi) is 6.19. The van der Waals surface area contributed by atoms with Crippen LogP contribution in [0.3, 0.4) is 0 Å². The van der Waals surface area contributed by atoms with Crippen LogP contribution in [0.15, 0.2) is 29.2 Å². The summed E-state index contributed by atoms with van der Waals surface area (Å²) >= 11 is 2.71. The van der Waals surface area contributed by atoms with Gasteiger partial charge >= 0.3 is 0 Å². The predicted molar refractivity (Wildman–Crippen MR) is 121 cm³/mol. The van der Waals surface area contributed by atoms with Crippen molar-refractivity contribution in [3.05, 3.63) is 50.3 Å². The van der Waals surface area contributed by atoms with Gasteiger partial charge in [-0.1, -0.05) is 6.07 Å². The fourth-order valence-corrected chi connectivity index (χ4v) is 8.04. The number of halogens is 1. The van der Waals surface area contributed by atoms with E-state index in [0.717, 1.165) is 9.75 Å². The number of rotatable bonds is 5. The van der Waals surface area contributed by atoms with Crippen molar-refractivity contribution in [1.82, 2.24) is 9.21 Å². The van der Waals surface area contributed by atoms with Gasteiger partial charge in [0, 0.05) is 58.7 Å². The van der Waals surface area contributed by atoms with Crippen LogP contribution in [0.4, 0.5) is 4.39 Å². The van der Waals surface area contributed by atoms with Gasteiger partial charge in [0.1, 0.15) is 5.82 Å². The molecular formula is C21H23FN2O4S3. The summed E-state index contributed by atoms with van der Waals surface area (Å²) in [6.07, 6.45) is 0. The highest BCUT2D eigenvalue weighted by molar-refractivity contribution is 7.89. The van der Waals surface area contributed by atoms with Crippen LogP contribution >= 0.6 is 22.7 Å². The van der Waals surface area contributed by atoms with E-state index in [-0.39, 0.29) is 44.5 Å². The summed E-state index contributed by atoms with van der Waals surface area (Å²) in [7, 11) is -2.08. The van der Waals surface area contributed by atoms with Crippen molar-refractivity contribution in [3.8, 4) is 0 Å². The molecule has 0 radical (unpaired) electrons. The van der Waals surface area contributed by atoms with Crippen molar-refractivity contribution in [2.24, 2.45) is 0 Å². The summed E-state index contributed by atoms with van der Waals surface area (Å²) < 4.78 is 47.9. The van der Waals surface area contributed by atoms with Crippen LogP contribution in [-0.2, 0) is 21.4 Å². The van der Waals surface area contributed by atoms with Crippen LogP contribution in [0.25, 0.3) is 10.1 Å². The molecule has 10 heteroatoms. The Hall–Kier alpha value is -1.85. The zero-order valence-electron chi connectivity index (χ0n) is 17.5. The van der Waals surface area contributed by atoms with E-state index in [0.29, 0.717) is 25.4 Å². The fraction of sp³-hybridized carbons (Fsp3) is 0.381. The van der Waals surface area contributed by atoms with Gasteiger partial charge in [0.15, 0.2) is 0 Å². The second kappa shape index (κ2) is 8.59. The Labute approximate surface area is 188 Å². The number of fused-ring (bicyclic) bond motifs is 1. The first kappa shape index (κ1) is 22.3. The molecule has 1 aromatic carbocycles. The SMILES string of the molecule is COCc1c(C(=O)N2CCN(S(=O)(=O)c3cc(C)sc3C)CC2)sc2cccc(F)c12. The third-order valence-electron chi connectivity index (χ3n) is 5.39. The molecular weight excluding hydrogens is 459 g/mol. The Balaban J connectivity index is 1.56.